The largest absolute Gasteiger partial charge is 0.458 e. The topological polar surface area (TPSA) is 52.0 Å². The van der Waals surface area contributed by atoms with Crippen molar-refractivity contribution in [3.63, 3.8) is 0 Å². The molecule has 10 aromatic carbocycles. The number of hydrogen-bond acceptors (Lipinski definition) is 6. The molecule has 0 spiro atoms. The predicted molar refractivity (Wildman–Crippen MR) is 325 cm³/mol. The molecule has 0 atom stereocenters. The Balaban J connectivity index is 0.808. The number of rotatable bonds is 8. The highest BCUT2D eigenvalue weighted by atomic mass is 16.5. The Morgan fingerprint density at radius 2 is 1.13 bits per heavy atom. The number of hydrogen-bond donors (Lipinski definition) is 0. The average molecular weight is 1030 g/mol. The Morgan fingerprint density at radius 3 is 1.80 bits per heavy atom. The van der Waals surface area contributed by atoms with Crippen molar-refractivity contribution in [2.75, 3.05) is 16.5 Å². The van der Waals surface area contributed by atoms with Gasteiger partial charge in [0.1, 0.15) is 47.0 Å². The molecule has 0 aliphatic carbocycles. The Labute approximate surface area is 473 Å². The molecule has 12 aromatic rings. The Bertz CT molecular complexity index is 4890. The van der Waals surface area contributed by atoms with Gasteiger partial charge in [-0.1, -0.05) is 176 Å². The second kappa shape index (κ2) is 17.4. The van der Waals surface area contributed by atoms with E-state index in [-0.39, 0.29) is 53.5 Å². The van der Waals surface area contributed by atoms with E-state index in [1.54, 1.807) is 18.2 Å². The highest BCUT2D eigenvalue weighted by molar-refractivity contribution is 7.12. The van der Waals surface area contributed by atoms with Crippen LogP contribution in [0, 0.1) is 0 Å². The van der Waals surface area contributed by atoms with Gasteiger partial charge in [-0.25, -0.2) is 4.98 Å². The van der Waals surface area contributed by atoms with Gasteiger partial charge in [-0.2, -0.15) is 0 Å². The van der Waals surface area contributed by atoms with E-state index in [9.17, 15) is 0 Å². The van der Waals surface area contributed by atoms with Gasteiger partial charge in [0.2, 0.25) is 6.71 Å². The number of benzene rings is 10. The molecule has 374 valence electrons. The smallest absolute Gasteiger partial charge is 0.259 e. The highest BCUT2D eigenvalue weighted by Gasteiger charge is 2.48. The van der Waals surface area contributed by atoms with Crippen molar-refractivity contribution >= 4 is 90.8 Å². The zero-order valence-electron chi connectivity index (χ0n) is 53.1. The fourth-order valence-electron chi connectivity index (χ4n) is 12.6. The minimum Gasteiger partial charge on any atom is -0.458 e. The molecule has 0 saturated heterocycles. The fraction of sp³-hybridized carbons (Fsp3) is 0.0714. The monoisotopic (exact) mass is 1030 g/mol. The minimum atomic E-state index is -0.558. The lowest BCUT2D eigenvalue weighted by molar-refractivity contribution is 0.465. The second-order valence-corrected chi connectivity index (χ2v) is 21.5. The fourth-order valence-corrected chi connectivity index (χ4v) is 12.6. The molecule has 6 heterocycles. The van der Waals surface area contributed by atoms with Gasteiger partial charge in [-0.15, -0.1) is 0 Å². The van der Waals surface area contributed by atoms with E-state index < -0.39 is 60.4 Å². The van der Waals surface area contributed by atoms with E-state index in [1.165, 1.54) is 21.9 Å². The molecule has 0 amide bonds. The first-order chi connectivity index (χ1) is 42.9. The molecular formula is C70H50B2N4O3. The van der Waals surface area contributed by atoms with Crippen LogP contribution in [0.2, 0.25) is 0 Å². The average Bonchev–Trinajstić information content (AvgIpc) is 1.06. The number of nitrogens with zero attached hydrogens (tertiary/aromatic N) is 4. The van der Waals surface area contributed by atoms with Crippen molar-refractivity contribution in [3.8, 4) is 62.6 Å². The van der Waals surface area contributed by atoms with Crippen LogP contribution in [0.1, 0.15) is 40.0 Å². The van der Waals surface area contributed by atoms with Crippen molar-refractivity contribution in [1.82, 2.24) is 9.55 Å². The summed E-state index contributed by atoms with van der Waals surface area (Å²) in [4.78, 5) is 8.99. The number of para-hydroxylation sites is 3. The number of anilines is 4. The van der Waals surface area contributed by atoms with Crippen LogP contribution in [0.3, 0.4) is 0 Å². The second-order valence-electron chi connectivity index (χ2n) is 21.5. The van der Waals surface area contributed by atoms with E-state index in [0.29, 0.717) is 17.2 Å². The van der Waals surface area contributed by atoms with Gasteiger partial charge in [0, 0.05) is 51.4 Å². The van der Waals surface area contributed by atoms with Gasteiger partial charge in [0.25, 0.3) is 6.71 Å². The zero-order chi connectivity index (χ0) is 61.2. The molecule has 7 nitrogen and oxygen atoms in total. The van der Waals surface area contributed by atoms with Crippen LogP contribution in [-0.2, 0) is 5.41 Å². The summed E-state index contributed by atoms with van der Waals surface area (Å²) < 4.78 is 111. The quantitative estimate of drug-likeness (QED) is 0.141. The van der Waals surface area contributed by atoms with Crippen molar-refractivity contribution in [3.05, 3.63) is 242 Å². The SMILES string of the molecule is [2H]c1c([2H])c([2H])c(-c2cccc(-c3c([2H])c([2H])c([2H])c([2H])c3[2H])c2N2CN(c3cccc(Oc4ccc5c6cc(B7c8cccc9c8B8c%10c(cccc%10Oc%10cccc7c%108)O9)ccc6n(-c6cc(C(C)(C)C)ccn6)c5c4)c3)c3ccccc32)c([2H])c1[2H]. The summed E-state index contributed by atoms with van der Waals surface area (Å²) >= 11 is 0. The number of pyridine rings is 1. The van der Waals surface area contributed by atoms with Crippen molar-refractivity contribution < 1.29 is 27.9 Å². The highest BCUT2D eigenvalue weighted by Crippen LogP contribution is 2.50. The Morgan fingerprint density at radius 1 is 0.519 bits per heavy atom. The lowest BCUT2D eigenvalue weighted by Crippen LogP contribution is -2.76. The molecule has 0 N–H and O–H groups in total. The van der Waals surface area contributed by atoms with Crippen LogP contribution in [0.5, 0.6) is 34.5 Å². The lowest BCUT2D eigenvalue weighted by Gasteiger charge is -2.40. The lowest BCUT2D eigenvalue weighted by atomic mass is 9.20. The third kappa shape index (κ3) is 7.12. The molecule has 2 aromatic heterocycles. The van der Waals surface area contributed by atoms with Gasteiger partial charge in [-0.3, -0.25) is 4.57 Å². The van der Waals surface area contributed by atoms with Crippen LogP contribution in [0.4, 0.5) is 22.7 Å². The summed E-state index contributed by atoms with van der Waals surface area (Å²) in [6.07, 6.45) is 1.87. The van der Waals surface area contributed by atoms with E-state index >= 15 is 0 Å². The molecule has 0 bridgehead atoms. The first-order valence-electron chi connectivity index (χ1n) is 31.4. The maximum atomic E-state index is 9.14. The molecule has 0 saturated carbocycles. The third-order valence-corrected chi connectivity index (χ3v) is 16.0. The maximum Gasteiger partial charge on any atom is 0.259 e. The molecular weight excluding hydrogens is 966 g/mol. The summed E-state index contributed by atoms with van der Waals surface area (Å²) in [5, 5.41) is 2.06. The van der Waals surface area contributed by atoms with E-state index in [1.807, 2.05) is 83.9 Å². The zero-order valence-corrected chi connectivity index (χ0v) is 43.1. The molecule has 16 rings (SSSR count). The van der Waals surface area contributed by atoms with Gasteiger partial charge < -0.3 is 24.0 Å². The molecule has 4 aliphatic heterocycles. The summed E-state index contributed by atoms with van der Waals surface area (Å²) in [5.41, 5.74) is 12.4. The van der Waals surface area contributed by atoms with Crippen molar-refractivity contribution in [2.24, 2.45) is 0 Å². The summed E-state index contributed by atoms with van der Waals surface area (Å²) in [5.74, 6) is 5.24. The van der Waals surface area contributed by atoms with Crippen LogP contribution < -0.4 is 56.8 Å². The minimum absolute atomic E-state index is 0.0264. The summed E-state index contributed by atoms with van der Waals surface area (Å²) in [6.45, 7) is 6.53. The van der Waals surface area contributed by atoms with Gasteiger partial charge >= 0.3 is 0 Å². The molecule has 0 unspecified atom stereocenters. The van der Waals surface area contributed by atoms with Crippen LogP contribution in [-0.4, -0.2) is 29.6 Å². The van der Waals surface area contributed by atoms with Gasteiger partial charge in [0.15, 0.2) is 0 Å². The van der Waals surface area contributed by atoms with Crippen molar-refractivity contribution in [1.29, 1.82) is 0 Å². The standard InChI is InChI=1S/C70H50B2N4O3/c1-70(2,3)46-37-38-73-65(39-46)76-57-36-33-47(71-55-25-14-29-61-66(55)72-67-56(71)26-15-30-62(67)79-64-32-16-31-63(78-61)68(64)72)40-54(57)53-35-34-50(42-60(53)76)77-49-22-12-21-48(41-49)74-43-75(59-28-11-10-27-58(59)74)69-51(44-17-6-4-7-18-44)23-13-24-52(69)45-19-8-5-9-20-45/h4-42H,43H2,1-3H3/i4D,5D,6D,7D,8D,9D,17D,18D,19D,20D. The van der Waals surface area contributed by atoms with Crippen LogP contribution >= 0.6 is 0 Å². The van der Waals surface area contributed by atoms with Gasteiger partial charge in [-0.05, 0) is 112 Å². The Kier molecular flexibility index (Phi) is 8.00. The molecule has 0 radical (unpaired) electrons. The summed E-state index contributed by atoms with van der Waals surface area (Å²) in [7, 11) is 0. The third-order valence-electron chi connectivity index (χ3n) is 16.0. The predicted octanol–water partition coefficient (Wildman–Crippen LogP) is 13.4. The number of ether oxygens (including phenoxy) is 3. The number of fused-ring (bicyclic) bond motifs is 4. The van der Waals surface area contributed by atoms with E-state index in [4.69, 9.17) is 32.9 Å². The molecule has 4 aliphatic rings. The van der Waals surface area contributed by atoms with Crippen LogP contribution in [0.15, 0.2) is 236 Å². The van der Waals surface area contributed by atoms with E-state index in [2.05, 4.69) is 109 Å². The van der Waals surface area contributed by atoms with Crippen LogP contribution in [0.25, 0.3) is 49.9 Å². The number of aromatic nitrogens is 2. The molecule has 0 fully saturated rings. The first kappa shape index (κ1) is 36.3. The molecule has 9 heteroatoms. The van der Waals surface area contributed by atoms with Crippen molar-refractivity contribution in [2.45, 2.75) is 26.2 Å². The van der Waals surface area contributed by atoms with E-state index in [0.717, 1.165) is 78.5 Å². The van der Waals surface area contributed by atoms with Gasteiger partial charge in [0.05, 0.1) is 41.8 Å². The Hall–Kier alpha value is -9.72. The maximum absolute atomic E-state index is 9.14. The summed E-state index contributed by atoms with van der Waals surface area (Å²) in [6, 6.07) is 51.2. The normalized spacial score (nSPS) is 15.3. The first-order valence-corrected chi connectivity index (χ1v) is 26.4. The molecule has 79 heavy (non-hydrogen) atoms.